The van der Waals surface area contributed by atoms with Gasteiger partial charge in [-0.25, -0.2) is 0 Å². The zero-order chi connectivity index (χ0) is 12.9. The molecule has 0 aromatic carbocycles. The molecule has 0 aliphatic heterocycles. The van der Waals surface area contributed by atoms with Crippen molar-refractivity contribution in [2.24, 2.45) is 17.6 Å². The first-order chi connectivity index (χ1) is 7.92. The zero-order valence-corrected chi connectivity index (χ0v) is 11.3. The topological polar surface area (TPSA) is 64.3 Å². The lowest BCUT2D eigenvalue weighted by Crippen LogP contribution is -2.36. The van der Waals surface area contributed by atoms with E-state index in [2.05, 4.69) is 5.32 Å². The van der Waals surface area contributed by atoms with Crippen molar-refractivity contribution in [1.29, 1.82) is 0 Å². The number of amides is 1. The fourth-order valence-corrected chi connectivity index (χ4v) is 2.27. The molecule has 1 rings (SSSR count). The molecule has 100 valence electrons. The van der Waals surface area contributed by atoms with Crippen LogP contribution in [0.15, 0.2) is 0 Å². The largest absolute Gasteiger partial charge is 0.366 e. The van der Waals surface area contributed by atoms with Crippen molar-refractivity contribution < 1.29 is 9.53 Å². The van der Waals surface area contributed by atoms with Crippen LogP contribution in [-0.2, 0) is 9.53 Å². The molecule has 0 radical (unpaired) electrons. The van der Waals surface area contributed by atoms with Gasteiger partial charge in [0.25, 0.3) is 0 Å². The number of ether oxygens (including phenoxy) is 1. The van der Waals surface area contributed by atoms with Crippen LogP contribution >= 0.6 is 0 Å². The van der Waals surface area contributed by atoms with Gasteiger partial charge >= 0.3 is 0 Å². The Morgan fingerprint density at radius 3 is 2.59 bits per heavy atom. The van der Waals surface area contributed by atoms with Gasteiger partial charge in [-0.2, -0.15) is 0 Å². The monoisotopic (exact) mass is 242 g/mol. The molecule has 4 nitrogen and oxygen atoms in total. The molecular weight excluding hydrogens is 216 g/mol. The summed E-state index contributed by atoms with van der Waals surface area (Å²) in [7, 11) is 0. The van der Waals surface area contributed by atoms with Crippen LogP contribution in [0.4, 0.5) is 0 Å². The quantitative estimate of drug-likeness (QED) is 0.763. The standard InChI is InChI=1S/C13H26N2O2/c1-13(2,3)17-9-12(16)15-8-11-6-4-5-10(11)7-14/h10-11H,4-9,14H2,1-3H3,(H,15,16). The van der Waals surface area contributed by atoms with E-state index in [9.17, 15) is 4.79 Å². The highest BCUT2D eigenvalue weighted by Gasteiger charge is 2.26. The summed E-state index contributed by atoms with van der Waals surface area (Å²) in [6.07, 6.45) is 3.62. The van der Waals surface area contributed by atoms with E-state index in [4.69, 9.17) is 10.5 Å². The van der Waals surface area contributed by atoms with Crippen LogP contribution in [0.3, 0.4) is 0 Å². The first-order valence-corrected chi connectivity index (χ1v) is 6.53. The Hall–Kier alpha value is -0.610. The van der Waals surface area contributed by atoms with E-state index in [0.29, 0.717) is 11.8 Å². The second-order valence-corrected chi connectivity index (χ2v) is 5.89. The summed E-state index contributed by atoms with van der Waals surface area (Å²) in [4.78, 5) is 11.6. The number of hydrogen-bond donors (Lipinski definition) is 2. The number of nitrogens with two attached hydrogens (primary N) is 1. The lowest BCUT2D eigenvalue weighted by atomic mass is 9.96. The van der Waals surface area contributed by atoms with Crippen molar-refractivity contribution in [3.63, 3.8) is 0 Å². The Kier molecular flexibility index (Phi) is 5.40. The van der Waals surface area contributed by atoms with Gasteiger partial charge in [0, 0.05) is 6.54 Å². The van der Waals surface area contributed by atoms with Gasteiger partial charge in [0.15, 0.2) is 0 Å². The van der Waals surface area contributed by atoms with Crippen LogP contribution in [0, 0.1) is 11.8 Å². The summed E-state index contributed by atoms with van der Waals surface area (Å²) in [5, 5.41) is 2.94. The van der Waals surface area contributed by atoms with E-state index in [1.165, 1.54) is 19.3 Å². The summed E-state index contributed by atoms with van der Waals surface area (Å²) in [5.74, 6) is 1.11. The Morgan fingerprint density at radius 2 is 2.00 bits per heavy atom. The molecule has 1 saturated carbocycles. The Bertz CT molecular complexity index is 248. The highest BCUT2D eigenvalue weighted by Crippen LogP contribution is 2.30. The van der Waals surface area contributed by atoms with Crippen molar-refractivity contribution in [2.45, 2.75) is 45.6 Å². The number of hydrogen-bond acceptors (Lipinski definition) is 3. The molecule has 1 fully saturated rings. The van der Waals surface area contributed by atoms with Gasteiger partial charge in [0.1, 0.15) is 6.61 Å². The lowest BCUT2D eigenvalue weighted by molar-refractivity contribution is -0.130. The van der Waals surface area contributed by atoms with Gasteiger partial charge in [-0.15, -0.1) is 0 Å². The maximum Gasteiger partial charge on any atom is 0.246 e. The highest BCUT2D eigenvalue weighted by molar-refractivity contribution is 5.77. The predicted molar refractivity (Wildman–Crippen MR) is 68.6 cm³/mol. The maximum atomic E-state index is 11.6. The molecule has 0 saturated heterocycles. The minimum atomic E-state index is -0.259. The molecule has 1 amide bonds. The summed E-state index contributed by atoms with van der Waals surface area (Å²) >= 11 is 0. The van der Waals surface area contributed by atoms with E-state index in [-0.39, 0.29) is 18.1 Å². The van der Waals surface area contributed by atoms with Crippen molar-refractivity contribution in [3.05, 3.63) is 0 Å². The lowest BCUT2D eigenvalue weighted by Gasteiger charge is -2.21. The van der Waals surface area contributed by atoms with Gasteiger partial charge in [-0.3, -0.25) is 4.79 Å². The van der Waals surface area contributed by atoms with E-state index < -0.39 is 0 Å². The zero-order valence-electron chi connectivity index (χ0n) is 11.3. The second kappa shape index (κ2) is 6.36. The number of carbonyl (C=O) groups excluding carboxylic acids is 1. The SMILES string of the molecule is CC(C)(C)OCC(=O)NCC1CCCC1CN. The van der Waals surface area contributed by atoms with E-state index in [0.717, 1.165) is 13.1 Å². The number of nitrogens with one attached hydrogen (secondary N) is 1. The maximum absolute atomic E-state index is 11.6. The normalized spacial score (nSPS) is 24.9. The number of carbonyl (C=O) groups is 1. The van der Waals surface area contributed by atoms with Crippen LogP contribution < -0.4 is 11.1 Å². The molecule has 0 aromatic heterocycles. The Labute approximate surface area is 104 Å². The first kappa shape index (κ1) is 14.5. The van der Waals surface area contributed by atoms with E-state index in [1.807, 2.05) is 20.8 Å². The van der Waals surface area contributed by atoms with Gasteiger partial charge in [-0.05, 0) is 52.0 Å². The second-order valence-electron chi connectivity index (χ2n) is 5.89. The van der Waals surface area contributed by atoms with Crippen LogP contribution in [0.1, 0.15) is 40.0 Å². The molecule has 4 heteroatoms. The van der Waals surface area contributed by atoms with Gasteiger partial charge < -0.3 is 15.8 Å². The van der Waals surface area contributed by atoms with Crippen LogP contribution in [0.5, 0.6) is 0 Å². The van der Waals surface area contributed by atoms with Crippen molar-refractivity contribution in [1.82, 2.24) is 5.32 Å². The van der Waals surface area contributed by atoms with Crippen LogP contribution in [-0.4, -0.2) is 31.2 Å². The number of rotatable bonds is 5. The molecule has 0 spiro atoms. The fraction of sp³-hybridized carbons (Fsp3) is 0.923. The first-order valence-electron chi connectivity index (χ1n) is 6.53. The Balaban J connectivity index is 2.19. The Morgan fingerprint density at radius 1 is 1.35 bits per heavy atom. The molecule has 17 heavy (non-hydrogen) atoms. The van der Waals surface area contributed by atoms with Crippen LogP contribution in [0.2, 0.25) is 0 Å². The smallest absolute Gasteiger partial charge is 0.246 e. The average molecular weight is 242 g/mol. The molecule has 3 N–H and O–H groups in total. The molecule has 0 aromatic rings. The van der Waals surface area contributed by atoms with Gasteiger partial charge in [0.05, 0.1) is 5.60 Å². The van der Waals surface area contributed by atoms with E-state index in [1.54, 1.807) is 0 Å². The predicted octanol–water partition coefficient (Wildman–Crippen LogP) is 1.29. The molecule has 2 unspecified atom stereocenters. The third-order valence-electron chi connectivity index (χ3n) is 3.32. The van der Waals surface area contributed by atoms with Gasteiger partial charge in [0.2, 0.25) is 5.91 Å². The summed E-state index contributed by atoms with van der Waals surface area (Å²) in [6.45, 7) is 7.46. The summed E-state index contributed by atoms with van der Waals surface area (Å²) in [5.41, 5.74) is 5.45. The average Bonchev–Trinajstić information content (AvgIpc) is 2.69. The molecular formula is C13H26N2O2. The minimum absolute atomic E-state index is 0.0254. The molecule has 0 bridgehead atoms. The highest BCUT2D eigenvalue weighted by atomic mass is 16.5. The van der Waals surface area contributed by atoms with Crippen LogP contribution in [0.25, 0.3) is 0 Å². The third-order valence-corrected chi connectivity index (χ3v) is 3.32. The molecule has 1 aliphatic rings. The van der Waals surface area contributed by atoms with Crippen molar-refractivity contribution in [2.75, 3.05) is 19.7 Å². The van der Waals surface area contributed by atoms with Gasteiger partial charge in [-0.1, -0.05) is 6.42 Å². The minimum Gasteiger partial charge on any atom is -0.366 e. The summed E-state index contributed by atoms with van der Waals surface area (Å²) in [6, 6.07) is 0. The van der Waals surface area contributed by atoms with Crippen molar-refractivity contribution in [3.8, 4) is 0 Å². The van der Waals surface area contributed by atoms with Crippen molar-refractivity contribution >= 4 is 5.91 Å². The summed E-state index contributed by atoms with van der Waals surface area (Å²) < 4.78 is 5.42. The van der Waals surface area contributed by atoms with E-state index >= 15 is 0 Å². The third kappa shape index (κ3) is 5.50. The molecule has 1 aliphatic carbocycles. The molecule has 2 atom stereocenters. The fourth-order valence-electron chi connectivity index (χ4n) is 2.27. The molecule has 0 heterocycles.